The number of rotatable bonds is 6. The molecule has 0 unspecified atom stereocenters. The largest absolute Gasteiger partial charge is 0.496 e. The van der Waals surface area contributed by atoms with E-state index in [1.54, 1.807) is 26.0 Å². The number of ether oxygens (including phenoxy) is 2. The van der Waals surface area contributed by atoms with E-state index in [0.29, 0.717) is 26.1 Å². The van der Waals surface area contributed by atoms with E-state index < -0.39 is 0 Å². The van der Waals surface area contributed by atoms with Gasteiger partial charge in [-0.1, -0.05) is 0 Å². The van der Waals surface area contributed by atoms with Crippen LogP contribution in [0.25, 0.3) is 0 Å². The van der Waals surface area contributed by atoms with Crippen LogP contribution in [0.2, 0.25) is 0 Å². The molecule has 0 spiro atoms. The summed E-state index contributed by atoms with van der Waals surface area (Å²) in [6.45, 7) is 5.42. The number of aryl methyl sites for hydroxylation is 1. The summed E-state index contributed by atoms with van der Waals surface area (Å²) in [5.41, 5.74) is 2.03. The van der Waals surface area contributed by atoms with E-state index in [4.69, 9.17) is 9.47 Å². The van der Waals surface area contributed by atoms with Gasteiger partial charge < -0.3 is 19.7 Å². The van der Waals surface area contributed by atoms with Crippen LogP contribution in [0.1, 0.15) is 30.9 Å². The lowest BCUT2D eigenvalue weighted by atomic mass is 9.96. The van der Waals surface area contributed by atoms with Crippen molar-refractivity contribution in [2.75, 3.05) is 33.9 Å². The summed E-state index contributed by atoms with van der Waals surface area (Å²) >= 11 is 0. The molecular formula is C19H28N2O4. The van der Waals surface area contributed by atoms with Crippen LogP contribution >= 0.6 is 0 Å². The summed E-state index contributed by atoms with van der Waals surface area (Å²) in [4.78, 5) is 25.5. The molecule has 2 amide bonds. The fourth-order valence-corrected chi connectivity index (χ4v) is 3.23. The van der Waals surface area contributed by atoms with E-state index in [2.05, 4.69) is 5.32 Å². The van der Waals surface area contributed by atoms with E-state index in [1.165, 1.54) is 0 Å². The zero-order valence-corrected chi connectivity index (χ0v) is 15.6. The fourth-order valence-electron chi connectivity index (χ4n) is 3.23. The Morgan fingerprint density at radius 3 is 2.36 bits per heavy atom. The van der Waals surface area contributed by atoms with E-state index in [0.717, 1.165) is 35.5 Å². The van der Waals surface area contributed by atoms with Gasteiger partial charge in [-0.2, -0.15) is 0 Å². The summed E-state index contributed by atoms with van der Waals surface area (Å²) in [6, 6.07) is 3.92. The predicted octanol–water partition coefficient (Wildman–Crippen LogP) is 1.93. The molecule has 1 fully saturated rings. The van der Waals surface area contributed by atoms with Crippen LogP contribution in [-0.2, 0) is 16.0 Å². The van der Waals surface area contributed by atoms with E-state index in [1.807, 2.05) is 19.1 Å². The summed E-state index contributed by atoms with van der Waals surface area (Å²) in [7, 11) is 3.29. The Labute approximate surface area is 149 Å². The van der Waals surface area contributed by atoms with E-state index >= 15 is 0 Å². The first-order valence-corrected chi connectivity index (χ1v) is 8.71. The summed E-state index contributed by atoms with van der Waals surface area (Å²) in [6.07, 6.45) is 2.14. The fraction of sp³-hybridized carbons (Fsp3) is 0.579. The van der Waals surface area contributed by atoms with Gasteiger partial charge in [-0.3, -0.25) is 9.59 Å². The highest BCUT2D eigenvalue weighted by atomic mass is 16.5. The lowest BCUT2D eigenvalue weighted by molar-refractivity contribution is -0.133. The number of likely N-dealkylation sites (tertiary alicyclic amines) is 1. The molecule has 0 aromatic heterocycles. The second kappa shape index (κ2) is 8.74. The van der Waals surface area contributed by atoms with Crippen LogP contribution in [0.4, 0.5) is 0 Å². The lowest BCUT2D eigenvalue weighted by Crippen LogP contribution is -2.42. The van der Waals surface area contributed by atoms with Crippen LogP contribution in [0.5, 0.6) is 11.5 Å². The van der Waals surface area contributed by atoms with Crippen molar-refractivity contribution in [3.63, 3.8) is 0 Å². The van der Waals surface area contributed by atoms with Crippen molar-refractivity contribution in [2.45, 2.75) is 33.1 Å². The Hall–Kier alpha value is -2.24. The average Bonchev–Trinajstić information content (AvgIpc) is 2.62. The Kier molecular flexibility index (Phi) is 6.67. The molecule has 25 heavy (non-hydrogen) atoms. The second-order valence-electron chi connectivity index (χ2n) is 6.46. The highest BCUT2D eigenvalue weighted by Crippen LogP contribution is 2.28. The average molecular weight is 348 g/mol. The van der Waals surface area contributed by atoms with Crippen molar-refractivity contribution >= 4 is 11.8 Å². The first-order chi connectivity index (χ1) is 12.0. The molecule has 1 saturated heterocycles. The molecule has 2 rings (SSSR count). The first kappa shape index (κ1) is 19.1. The minimum Gasteiger partial charge on any atom is -0.496 e. The van der Waals surface area contributed by atoms with Crippen molar-refractivity contribution in [3.8, 4) is 11.5 Å². The van der Waals surface area contributed by atoms with Crippen molar-refractivity contribution in [1.82, 2.24) is 10.2 Å². The first-order valence-electron chi connectivity index (χ1n) is 8.71. The van der Waals surface area contributed by atoms with Crippen molar-refractivity contribution in [1.29, 1.82) is 0 Å². The van der Waals surface area contributed by atoms with Gasteiger partial charge in [0.25, 0.3) is 0 Å². The van der Waals surface area contributed by atoms with Crippen LogP contribution in [0, 0.1) is 12.8 Å². The third-order valence-electron chi connectivity index (χ3n) is 4.80. The van der Waals surface area contributed by atoms with Gasteiger partial charge in [-0.25, -0.2) is 0 Å². The standard InChI is InChI=1S/C19H28N2O4/c1-13-11-18(25-4)16(12-17(13)24-3)5-8-20-19(23)15-6-9-21(10-7-15)14(2)22/h11-12,15H,5-10H2,1-4H3,(H,20,23). The number of hydrogen-bond acceptors (Lipinski definition) is 4. The van der Waals surface area contributed by atoms with Gasteiger partial charge >= 0.3 is 0 Å². The predicted molar refractivity (Wildman–Crippen MR) is 96.0 cm³/mol. The smallest absolute Gasteiger partial charge is 0.223 e. The minimum atomic E-state index is -0.00921. The number of nitrogens with one attached hydrogen (secondary N) is 1. The van der Waals surface area contributed by atoms with Gasteiger partial charge in [0.2, 0.25) is 11.8 Å². The number of nitrogens with zero attached hydrogens (tertiary/aromatic N) is 1. The van der Waals surface area contributed by atoms with Crippen molar-refractivity contribution in [2.24, 2.45) is 5.92 Å². The molecule has 1 aliphatic heterocycles. The quantitative estimate of drug-likeness (QED) is 0.853. The highest BCUT2D eigenvalue weighted by Gasteiger charge is 2.25. The summed E-state index contributed by atoms with van der Waals surface area (Å²) in [5, 5.41) is 3.01. The molecule has 0 atom stereocenters. The molecule has 6 nitrogen and oxygen atoms in total. The Balaban J connectivity index is 1.86. The number of benzene rings is 1. The normalized spacial score (nSPS) is 15.0. The van der Waals surface area contributed by atoms with Gasteiger partial charge in [0.05, 0.1) is 14.2 Å². The van der Waals surface area contributed by atoms with Gasteiger partial charge in [0.1, 0.15) is 11.5 Å². The van der Waals surface area contributed by atoms with Crippen LogP contribution in [0.15, 0.2) is 12.1 Å². The highest BCUT2D eigenvalue weighted by molar-refractivity contribution is 5.79. The van der Waals surface area contributed by atoms with Crippen LogP contribution < -0.4 is 14.8 Å². The van der Waals surface area contributed by atoms with E-state index in [9.17, 15) is 9.59 Å². The maximum Gasteiger partial charge on any atom is 0.223 e. The van der Waals surface area contributed by atoms with Crippen LogP contribution in [-0.4, -0.2) is 50.6 Å². The number of carbonyl (C=O) groups excluding carboxylic acids is 2. The van der Waals surface area contributed by atoms with Crippen molar-refractivity contribution in [3.05, 3.63) is 23.3 Å². The number of methoxy groups -OCH3 is 2. The number of carbonyl (C=O) groups is 2. The second-order valence-corrected chi connectivity index (χ2v) is 6.46. The number of amides is 2. The molecule has 0 bridgehead atoms. The lowest BCUT2D eigenvalue weighted by Gasteiger charge is -2.30. The Morgan fingerprint density at radius 2 is 1.80 bits per heavy atom. The summed E-state index contributed by atoms with van der Waals surface area (Å²) in [5.74, 6) is 1.77. The Morgan fingerprint density at radius 1 is 1.16 bits per heavy atom. The zero-order chi connectivity index (χ0) is 18.4. The molecule has 1 N–H and O–H groups in total. The monoisotopic (exact) mass is 348 g/mol. The molecule has 138 valence electrons. The van der Waals surface area contributed by atoms with E-state index in [-0.39, 0.29) is 17.7 Å². The van der Waals surface area contributed by atoms with Gasteiger partial charge in [0.15, 0.2) is 0 Å². The molecule has 0 saturated carbocycles. The molecule has 0 radical (unpaired) electrons. The molecule has 1 aliphatic rings. The zero-order valence-electron chi connectivity index (χ0n) is 15.6. The topological polar surface area (TPSA) is 67.9 Å². The number of piperidine rings is 1. The minimum absolute atomic E-state index is 0.00921. The van der Waals surface area contributed by atoms with Crippen LogP contribution in [0.3, 0.4) is 0 Å². The third kappa shape index (κ3) is 4.87. The molecule has 6 heteroatoms. The molecule has 1 aromatic rings. The van der Waals surface area contributed by atoms with Gasteiger partial charge in [-0.15, -0.1) is 0 Å². The maximum atomic E-state index is 12.3. The maximum absolute atomic E-state index is 12.3. The van der Waals surface area contributed by atoms with Gasteiger partial charge in [-0.05, 0) is 49.4 Å². The Bertz CT molecular complexity index is 622. The number of hydrogen-bond donors (Lipinski definition) is 1. The molecular weight excluding hydrogens is 320 g/mol. The molecule has 0 aliphatic carbocycles. The SMILES string of the molecule is COc1cc(CCNC(=O)C2CCN(C(C)=O)CC2)c(OC)cc1C. The van der Waals surface area contributed by atoms with Crippen molar-refractivity contribution < 1.29 is 19.1 Å². The third-order valence-corrected chi connectivity index (χ3v) is 4.80. The molecule has 1 heterocycles. The van der Waals surface area contributed by atoms with Gasteiger partial charge in [0, 0.05) is 32.5 Å². The molecule has 1 aromatic carbocycles. The summed E-state index contributed by atoms with van der Waals surface area (Å²) < 4.78 is 10.8.